The summed E-state index contributed by atoms with van der Waals surface area (Å²) in [6.45, 7) is 4.73. The molecule has 3 unspecified atom stereocenters. The Kier molecular flexibility index (Phi) is 3.39. The van der Waals surface area contributed by atoms with Gasteiger partial charge in [0, 0.05) is 0 Å². The molecule has 2 aliphatic carbocycles. The Morgan fingerprint density at radius 2 is 1.60 bits per heavy atom. The van der Waals surface area contributed by atoms with Gasteiger partial charge in [-0.2, -0.15) is 0 Å². The molecule has 0 amide bonds. The summed E-state index contributed by atoms with van der Waals surface area (Å²) >= 11 is 0. The lowest BCUT2D eigenvalue weighted by molar-refractivity contribution is -0.0724. The molecule has 15 heavy (non-hydrogen) atoms. The minimum absolute atomic E-state index is 0.285. The van der Waals surface area contributed by atoms with Crippen LogP contribution in [0.15, 0.2) is 0 Å². The van der Waals surface area contributed by atoms with Crippen molar-refractivity contribution in [2.24, 2.45) is 17.8 Å². The molecular weight excluding hydrogens is 184 g/mol. The van der Waals surface area contributed by atoms with E-state index < -0.39 is 0 Å². The maximum absolute atomic E-state index is 10.7. The average molecular weight is 210 g/mol. The van der Waals surface area contributed by atoms with Crippen molar-refractivity contribution in [3.05, 3.63) is 0 Å². The summed E-state index contributed by atoms with van der Waals surface area (Å²) in [6.07, 6.45) is 9.82. The molecule has 0 saturated heterocycles. The highest BCUT2D eigenvalue weighted by molar-refractivity contribution is 4.92. The molecule has 1 N–H and O–H groups in total. The first-order valence-electron chi connectivity index (χ1n) is 6.84. The van der Waals surface area contributed by atoms with Crippen LogP contribution in [0.4, 0.5) is 0 Å². The third kappa shape index (κ3) is 2.38. The fourth-order valence-corrected chi connectivity index (χ4v) is 3.61. The molecule has 2 saturated carbocycles. The van der Waals surface area contributed by atoms with Crippen molar-refractivity contribution >= 4 is 0 Å². The highest BCUT2D eigenvalue weighted by Gasteiger charge is 2.40. The van der Waals surface area contributed by atoms with Gasteiger partial charge in [-0.15, -0.1) is 0 Å². The maximum atomic E-state index is 10.7. The summed E-state index contributed by atoms with van der Waals surface area (Å²) < 4.78 is 0. The fraction of sp³-hybridized carbons (Fsp3) is 1.00. The van der Waals surface area contributed by atoms with Crippen molar-refractivity contribution in [2.75, 3.05) is 0 Å². The molecular formula is C14H26O. The normalized spacial score (nSPS) is 41.4. The van der Waals surface area contributed by atoms with Crippen molar-refractivity contribution in [3.63, 3.8) is 0 Å². The SMILES string of the molecule is CC1CCC(C2(O)CCCCC2)CC1C. The maximum Gasteiger partial charge on any atom is 0.0675 e. The third-order valence-corrected chi connectivity index (χ3v) is 5.08. The quantitative estimate of drug-likeness (QED) is 0.699. The van der Waals surface area contributed by atoms with Crippen LogP contribution >= 0.6 is 0 Å². The zero-order valence-corrected chi connectivity index (χ0v) is 10.3. The van der Waals surface area contributed by atoms with E-state index in [0.717, 1.165) is 24.7 Å². The van der Waals surface area contributed by atoms with E-state index in [-0.39, 0.29) is 5.60 Å². The van der Waals surface area contributed by atoms with Crippen molar-refractivity contribution in [2.45, 2.75) is 70.8 Å². The number of hydrogen-bond donors (Lipinski definition) is 1. The van der Waals surface area contributed by atoms with Crippen LogP contribution < -0.4 is 0 Å². The molecule has 0 radical (unpaired) electrons. The molecule has 0 aliphatic heterocycles. The van der Waals surface area contributed by atoms with Gasteiger partial charge >= 0.3 is 0 Å². The van der Waals surface area contributed by atoms with Crippen LogP contribution in [0.3, 0.4) is 0 Å². The van der Waals surface area contributed by atoms with Gasteiger partial charge in [0.05, 0.1) is 5.60 Å². The van der Waals surface area contributed by atoms with Crippen molar-refractivity contribution in [3.8, 4) is 0 Å². The summed E-state index contributed by atoms with van der Waals surface area (Å²) in [7, 11) is 0. The van der Waals surface area contributed by atoms with Crippen LogP contribution in [-0.2, 0) is 0 Å². The van der Waals surface area contributed by atoms with Gasteiger partial charge in [0.1, 0.15) is 0 Å². The molecule has 3 atom stereocenters. The summed E-state index contributed by atoms with van der Waals surface area (Å²) in [6, 6.07) is 0. The first kappa shape index (κ1) is 11.4. The topological polar surface area (TPSA) is 20.2 Å². The Balaban J connectivity index is 1.97. The Labute approximate surface area is 94.3 Å². The Bertz CT molecular complexity index is 205. The molecule has 1 heteroatoms. The van der Waals surface area contributed by atoms with Gasteiger partial charge in [0.25, 0.3) is 0 Å². The van der Waals surface area contributed by atoms with Crippen molar-refractivity contribution in [1.82, 2.24) is 0 Å². The second kappa shape index (κ2) is 4.45. The highest BCUT2D eigenvalue weighted by atomic mass is 16.3. The van der Waals surface area contributed by atoms with Gasteiger partial charge in [0.15, 0.2) is 0 Å². The smallest absolute Gasteiger partial charge is 0.0675 e. The Morgan fingerprint density at radius 1 is 0.933 bits per heavy atom. The third-order valence-electron chi connectivity index (χ3n) is 5.08. The van der Waals surface area contributed by atoms with E-state index in [1.165, 1.54) is 38.5 Å². The number of aliphatic hydroxyl groups is 1. The molecule has 2 aliphatic rings. The van der Waals surface area contributed by atoms with Crippen LogP contribution in [0.5, 0.6) is 0 Å². The predicted octanol–water partition coefficient (Wildman–Crippen LogP) is 3.75. The van der Waals surface area contributed by atoms with E-state index in [1.54, 1.807) is 0 Å². The molecule has 0 aromatic carbocycles. The lowest BCUT2D eigenvalue weighted by atomic mass is 9.65. The largest absolute Gasteiger partial charge is 0.390 e. The van der Waals surface area contributed by atoms with E-state index in [0.29, 0.717) is 5.92 Å². The molecule has 2 fully saturated rings. The van der Waals surface area contributed by atoms with Crippen LogP contribution in [0.2, 0.25) is 0 Å². The van der Waals surface area contributed by atoms with E-state index in [1.807, 2.05) is 0 Å². The lowest BCUT2D eigenvalue weighted by Crippen LogP contribution is -2.43. The molecule has 0 bridgehead atoms. The molecule has 0 aromatic rings. The average Bonchev–Trinajstić information content (AvgIpc) is 2.23. The molecule has 2 rings (SSSR count). The minimum atomic E-state index is -0.285. The number of hydrogen-bond acceptors (Lipinski definition) is 1. The molecule has 0 heterocycles. The van der Waals surface area contributed by atoms with Crippen LogP contribution in [-0.4, -0.2) is 10.7 Å². The van der Waals surface area contributed by atoms with Crippen molar-refractivity contribution in [1.29, 1.82) is 0 Å². The highest BCUT2D eigenvalue weighted by Crippen LogP contribution is 2.44. The Morgan fingerprint density at radius 3 is 2.20 bits per heavy atom. The summed E-state index contributed by atoms with van der Waals surface area (Å²) in [5.41, 5.74) is -0.285. The van der Waals surface area contributed by atoms with E-state index in [9.17, 15) is 5.11 Å². The van der Waals surface area contributed by atoms with Gasteiger partial charge in [0.2, 0.25) is 0 Å². The second-order valence-corrected chi connectivity index (χ2v) is 6.13. The summed E-state index contributed by atoms with van der Waals surface area (Å²) in [4.78, 5) is 0. The zero-order valence-electron chi connectivity index (χ0n) is 10.3. The van der Waals surface area contributed by atoms with Gasteiger partial charge < -0.3 is 5.11 Å². The van der Waals surface area contributed by atoms with E-state index in [2.05, 4.69) is 13.8 Å². The predicted molar refractivity (Wildman–Crippen MR) is 63.7 cm³/mol. The van der Waals surface area contributed by atoms with Gasteiger partial charge in [-0.05, 0) is 43.4 Å². The van der Waals surface area contributed by atoms with E-state index >= 15 is 0 Å². The van der Waals surface area contributed by atoms with E-state index in [4.69, 9.17) is 0 Å². The van der Waals surface area contributed by atoms with Crippen LogP contribution in [0.1, 0.15) is 65.2 Å². The monoisotopic (exact) mass is 210 g/mol. The summed E-state index contributed by atoms with van der Waals surface area (Å²) in [5, 5.41) is 10.7. The first-order chi connectivity index (χ1) is 7.12. The first-order valence-corrected chi connectivity index (χ1v) is 6.84. The van der Waals surface area contributed by atoms with Gasteiger partial charge in [-0.25, -0.2) is 0 Å². The van der Waals surface area contributed by atoms with Gasteiger partial charge in [-0.3, -0.25) is 0 Å². The van der Waals surface area contributed by atoms with Crippen LogP contribution in [0.25, 0.3) is 0 Å². The van der Waals surface area contributed by atoms with Gasteiger partial charge in [-0.1, -0.05) is 39.5 Å². The van der Waals surface area contributed by atoms with Crippen molar-refractivity contribution < 1.29 is 5.11 Å². The lowest BCUT2D eigenvalue weighted by Gasteiger charge is -2.44. The molecule has 1 nitrogen and oxygen atoms in total. The molecule has 0 spiro atoms. The second-order valence-electron chi connectivity index (χ2n) is 6.13. The zero-order chi connectivity index (χ0) is 10.9. The standard InChI is InChI=1S/C14H26O/c1-11-6-7-13(10-12(11)2)14(15)8-4-3-5-9-14/h11-13,15H,3-10H2,1-2H3. The van der Waals surface area contributed by atoms with Crippen LogP contribution in [0, 0.1) is 17.8 Å². The molecule has 88 valence electrons. The fourth-order valence-electron chi connectivity index (χ4n) is 3.61. The number of rotatable bonds is 1. The minimum Gasteiger partial charge on any atom is -0.390 e. The summed E-state index contributed by atoms with van der Waals surface area (Å²) in [5.74, 6) is 2.28. The Hall–Kier alpha value is -0.0400. The molecule has 0 aromatic heterocycles.